The second-order valence-electron chi connectivity index (χ2n) is 5.38. The highest BCUT2D eigenvalue weighted by molar-refractivity contribution is 5.76. The van der Waals surface area contributed by atoms with Crippen LogP contribution in [0.4, 0.5) is 4.79 Å². The van der Waals surface area contributed by atoms with Crippen molar-refractivity contribution in [3.05, 3.63) is 35.9 Å². The molecule has 120 valence electrons. The molecule has 2 amide bonds. The quantitative estimate of drug-likeness (QED) is 0.782. The van der Waals surface area contributed by atoms with E-state index in [4.69, 9.17) is 4.74 Å². The molecule has 0 saturated carbocycles. The van der Waals surface area contributed by atoms with Crippen molar-refractivity contribution in [2.75, 3.05) is 39.3 Å². The van der Waals surface area contributed by atoms with Gasteiger partial charge in [-0.2, -0.15) is 0 Å². The summed E-state index contributed by atoms with van der Waals surface area (Å²) in [5.41, 5.74) is 1.10. The molecule has 22 heavy (non-hydrogen) atoms. The monoisotopic (exact) mass is 306 g/mol. The van der Waals surface area contributed by atoms with Crippen LogP contribution in [-0.2, 0) is 16.1 Å². The molecule has 0 aliphatic carbocycles. The number of rotatable bonds is 5. The van der Waals surface area contributed by atoms with Crippen LogP contribution in [-0.4, -0.2) is 56.2 Å². The first-order chi connectivity index (χ1) is 10.7. The Morgan fingerprint density at radius 1 is 1.23 bits per heavy atom. The van der Waals surface area contributed by atoms with Crippen molar-refractivity contribution in [1.29, 1.82) is 0 Å². The van der Waals surface area contributed by atoms with E-state index in [9.17, 15) is 9.59 Å². The summed E-state index contributed by atoms with van der Waals surface area (Å²) in [5, 5.41) is 2.94. The molecule has 0 unspecified atom stereocenters. The first kappa shape index (κ1) is 16.3. The van der Waals surface area contributed by atoms with E-state index >= 15 is 0 Å². The molecule has 1 saturated heterocycles. The first-order valence-corrected chi connectivity index (χ1v) is 7.75. The second-order valence-corrected chi connectivity index (χ2v) is 5.38. The number of nitrogens with zero attached hydrogens (tertiary/aromatic N) is 1. The Labute approximate surface area is 131 Å². The molecule has 1 fully saturated rings. The summed E-state index contributed by atoms with van der Waals surface area (Å²) in [6.07, 6.45) is -0.255. The number of benzene rings is 1. The number of nitrogens with one attached hydrogen (secondary N) is 2. The fourth-order valence-electron chi connectivity index (χ4n) is 2.48. The molecular weight excluding hydrogens is 282 g/mol. The van der Waals surface area contributed by atoms with E-state index in [0.29, 0.717) is 32.8 Å². The fourth-order valence-corrected chi connectivity index (χ4v) is 2.48. The van der Waals surface area contributed by atoms with Crippen molar-refractivity contribution < 1.29 is 19.2 Å². The molecule has 2 rings (SSSR count). The third kappa shape index (κ3) is 5.04. The van der Waals surface area contributed by atoms with Crippen molar-refractivity contribution in [2.45, 2.75) is 13.5 Å². The smallest absolute Gasteiger partial charge is 0.410 e. The molecular formula is C16H24N3O3+. The molecule has 6 heteroatoms. The van der Waals surface area contributed by atoms with Gasteiger partial charge >= 0.3 is 6.09 Å². The van der Waals surface area contributed by atoms with Crippen molar-refractivity contribution in [3.63, 3.8) is 0 Å². The number of ether oxygens (including phenoxy) is 1. The zero-order valence-corrected chi connectivity index (χ0v) is 13.0. The van der Waals surface area contributed by atoms with E-state index in [0.717, 1.165) is 18.7 Å². The lowest BCUT2D eigenvalue weighted by molar-refractivity contribution is -0.896. The largest absolute Gasteiger partial charge is 0.450 e. The van der Waals surface area contributed by atoms with Crippen LogP contribution in [0.5, 0.6) is 0 Å². The Balaban J connectivity index is 1.67. The number of amides is 2. The lowest BCUT2D eigenvalue weighted by Crippen LogP contribution is -3.15. The maximum atomic E-state index is 12.0. The van der Waals surface area contributed by atoms with Gasteiger partial charge in [-0.05, 0) is 12.5 Å². The van der Waals surface area contributed by atoms with Gasteiger partial charge in [-0.3, -0.25) is 9.69 Å². The van der Waals surface area contributed by atoms with E-state index in [2.05, 4.69) is 5.32 Å². The maximum Gasteiger partial charge on any atom is 0.410 e. The third-order valence-electron chi connectivity index (χ3n) is 3.74. The SMILES string of the molecule is CCOC(=O)N1CC[NH+](CC(=O)NCc2ccccc2)CC1. The number of carbonyl (C=O) groups is 2. The minimum Gasteiger partial charge on any atom is -0.450 e. The summed E-state index contributed by atoms with van der Waals surface area (Å²) in [7, 11) is 0. The van der Waals surface area contributed by atoms with Gasteiger partial charge in [0.2, 0.25) is 0 Å². The summed E-state index contributed by atoms with van der Waals surface area (Å²) in [5.74, 6) is 0.0448. The summed E-state index contributed by atoms with van der Waals surface area (Å²) in [6.45, 7) is 6.03. The molecule has 1 heterocycles. The molecule has 2 N–H and O–H groups in total. The lowest BCUT2D eigenvalue weighted by Gasteiger charge is -2.31. The number of hydrogen-bond donors (Lipinski definition) is 2. The van der Waals surface area contributed by atoms with Crippen molar-refractivity contribution in [1.82, 2.24) is 10.2 Å². The van der Waals surface area contributed by atoms with Crippen LogP contribution in [0.15, 0.2) is 30.3 Å². The Morgan fingerprint density at radius 2 is 1.91 bits per heavy atom. The number of quaternary nitrogens is 1. The van der Waals surface area contributed by atoms with Gasteiger partial charge in [-0.15, -0.1) is 0 Å². The van der Waals surface area contributed by atoms with Crippen molar-refractivity contribution in [3.8, 4) is 0 Å². The number of piperazine rings is 1. The van der Waals surface area contributed by atoms with E-state index < -0.39 is 0 Å². The van der Waals surface area contributed by atoms with Gasteiger partial charge in [0, 0.05) is 6.54 Å². The van der Waals surface area contributed by atoms with Gasteiger partial charge in [0.15, 0.2) is 6.54 Å². The number of hydrogen-bond acceptors (Lipinski definition) is 3. The average molecular weight is 306 g/mol. The Bertz CT molecular complexity index is 485. The Morgan fingerprint density at radius 3 is 2.55 bits per heavy atom. The van der Waals surface area contributed by atoms with Crippen LogP contribution >= 0.6 is 0 Å². The predicted molar refractivity (Wildman–Crippen MR) is 82.4 cm³/mol. The molecule has 1 aliphatic heterocycles. The van der Waals surface area contributed by atoms with E-state index in [-0.39, 0.29) is 12.0 Å². The standard InChI is InChI=1S/C16H23N3O3/c1-2-22-16(21)19-10-8-18(9-11-19)13-15(20)17-12-14-6-4-3-5-7-14/h3-7H,2,8-13H2,1H3,(H,17,20)/p+1. The Kier molecular flexibility index (Phi) is 6.21. The molecule has 1 aromatic carbocycles. The highest BCUT2D eigenvalue weighted by Crippen LogP contribution is 1.97. The zero-order chi connectivity index (χ0) is 15.8. The average Bonchev–Trinajstić information content (AvgIpc) is 2.55. The van der Waals surface area contributed by atoms with Crippen LogP contribution in [0, 0.1) is 0 Å². The summed E-state index contributed by atoms with van der Waals surface area (Å²) in [4.78, 5) is 26.5. The van der Waals surface area contributed by atoms with Gasteiger partial charge in [0.05, 0.1) is 32.8 Å². The van der Waals surface area contributed by atoms with E-state index in [1.54, 1.807) is 11.8 Å². The molecule has 1 aliphatic rings. The molecule has 1 aromatic rings. The van der Waals surface area contributed by atoms with Crippen LogP contribution in [0.2, 0.25) is 0 Å². The molecule has 0 radical (unpaired) electrons. The molecule has 0 atom stereocenters. The first-order valence-electron chi connectivity index (χ1n) is 7.75. The predicted octanol–water partition coefficient (Wildman–Crippen LogP) is -0.340. The highest BCUT2D eigenvalue weighted by atomic mass is 16.6. The van der Waals surface area contributed by atoms with Crippen LogP contribution in [0.1, 0.15) is 12.5 Å². The highest BCUT2D eigenvalue weighted by Gasteiger charge is 2.25. The summed E-state index contributed by atoms with van der Waals surface area (Å²) < 4.78 is 4.98. The zero-order valence-electron chi connectivity index (χ0n) is 13.0. The minimum atomic E-state index is -0.255. The topological polar surface area (TPSA) is 63.1 Å². The van der Waals surface area contributed by atoms with Crippen molar-refractivity contribution in [2.24, 2.45) is 0 Å². The molecule has 6 nitrogen and oxygen atoms in total. The van der Waals surface area contributed by atoms with Gasteiger partial charge in [-0.25, -0.2) is 4.79 Å². The van der Waals surface area contributed by atoms with Gasteiger partial charge in [-0.1, -0.05) is 30.3 Å². The molecule has 0 aromatic heterocycles. The molecule has 0 spiro atoms. The maximum absolute atomic E-state index is 12.0. The minimum absolute atomic E-state index is 0.0448. The normalized spacial score (nSPS) is 15.4. The van der Waals surface area contributed by atoms with Gasteiger partial charge < -0.3 is 15.0 Å². The molecule has 0 bridgehead atoms. The number of carbonyl (C=O) groups excluding carboxylic acids is 2. The van der Waals surface area contributed by atoms with Crippen LogP contribution < -0.4 is 10.2 Å². The third-order valence-corrected chi connectivity index (χ3v) is 3.74. The van der Waals surface area contributed by atoms with Gasteiger partial charge in [0.1, 0.15) is 0 Å². The van der Waals surface area contributed by atoms with Crippen molar-refractivity contribution >= 4 is 12.0 Å². The summed E-state index contributed by atoms with van der Waals surface area (Å²) in [6, 6.07) is 9.86. The second kappa shape index (κ2) is 8.38. The van der Waals surface area contributed by atoms with Crippen LogP contribution in [0.3, 0.4) is 0 Å². The Hall–Kier alpha value is -2.08. The fraction of sp³-hybridized carbons (Fsp3) is 0.500. The van der Waals surface area contributed by atoms with Gasteiger partial charge in [0.25, 0.3) is 5.91 Å². The van der Waals surface area contributed by atoms with Crippen LogP contribution in [0.25, 0.3) is 0 Å². The summed E-state index contributed by atoms with van der Waals surface area (Å²) >= 11 is 0. The van der Waals surface area contributed by atoms with E-state index in [1.807, 2.05) is 30.3 Å². The van der Waals surface area contributed by atoms with E-state index in [1.165, 1.54) is 4.90 Å². The lowest BCUT2D eigenvalue weighted by atomic mass is 10.2.